The van der Waals surface area contributed by atoms with Crippen molar-refractivity contribution in [2.24, 2.45) is 5.73 Å². The van der Waals surface area contributed by atoms with E-state index in [0.29, 0.717) is 5.56 Å². The molecule has 2 atom stereocenters. The SMILES string of the molecule is CCc1ccc(C(F)(P)CN)cc1. The summed E-state index contributed by atoms with van der Waals surface area (Å²) in [5, 5.41) is -1.48. The summed E-state index contributed by atoms with van der Waals surface area (Å²) in [5.41, 5.74) is 7.15. The summed E-state index contributed by atoms with van der Waals surface area (Å²) in [6.07, 6.45) is 0.971. The summed E-state index contributed by atoms with van der Waals surface area (Å²) in [6, 6.07) is 7.45. The number of alkyl halides is 1. The fourth-order valence-electron chi connectivity index (χ4n) is 1.14. The predicted octanol–water partition coefficient (Wildman–Crippen LogP) is 2.21. The van der Waals surface area contributed by atoms with Gasteiger partial charge < -0.3 is 5.73 Å². The van der Waals surface area contributed by atoms with E-state index in [2.05, 4.69) is 16.2 Å². The number of rotatable bonds is 3. The zero-order valence-electron chi connectivity index (χ0n) is 7.76. The molecule has 3 heteroatoms. The lowest BCUT2D eigenvalue weighted by molar-refractivity contribution is 0.303. The molecule has 13 heavy (non-hydrogen) atoms. The molecule has 0 aliphatic heterocycles. The maximum atomic E-state index is 13.6. The number of nitrogens with two attached hydrogens (primary N) is 1. The molecule has 1 rings (SSSR count). The number of halogens is 1. The molecular formula is C10H15FNP. The van der Waals surface area contributed by atoms with Crippen molar-refractivity contribution < 1.29 is 4.39 Å². The molecule has 1 aromatic carbocycles. The van der Waals surface area contributed by atoms with E-state index >= 15 is 0 Å². The lowest BCUT2D eigenvalue weighted by Crippen LogP contribution is -2.23. The van der Waals surface area contributed by atoms with Crippen molar-refractivity contribution in [3.63, 3.8) is 0 Å². The highest BCUT2D eigenvalue weighted by atomic mass is 31.0. The van der Waals surface area contributed by atoms with Crippen LogP contribution >= 0.6 is 9.24 Å². The first-order valence-corrected chi connectivity index (χ1v) is 4.95. The molecule has 0 aliphatic carbocycles. The van der Waals surface area contributed by atoms with Crippen LogP contribution in [-0.4, -0.2) is 6.54 Å². The minimum Gasteiger partial charge on any atom is -0.327 e. The van der Waals surface area contributed by atoms with Crippen molar-refractivity contribution >= 4 is 9.24 Å². The Morgan fingerprint density at radius 2 is 1.92 bits per heavy atom. The van der Waals surface area contributed by atoms with Crippen LogP contribution in [0.2, 0.25) is 0 Å². The molecule has 0 heterocycles. The van der Waals surface area contributed by atoms with Crippen molar-refractivity contribution in [2.45, 2.75) is 18.8 Å². The lowest BCUT2D eigenvalue weighted by Gasteiger charge is -2.18. The van der Waals surface area contributed by atoms with Crippen LogP contribution in [0.25, 0.3) is 0 Å². The molecule has 2 N–H and O–H groups in total. The Labute approximate surface area is 80.7 Å². The van der Waals surface area contributed by atoms with Crippen LogP contribution in [-0.2, 0) is 11.8 Å². The number of aryl methyl sites for hydroxylation is 1. The molecule has 1 nitrogen and oxygen atoms in total. The van der Waals surface area contributed by atoms with Gasteiger partial charge in [0.25, 0.3) is 0 Å². The molecule has 0 fully saturated rings. The average Bonchev–Trinajstić information content (AvgIpc) is 2.18. The van der Waals surface area contributed by atoms with Gasteiger partial charge in [-0.05, 0) is 17.5 Å². The zero-order valence-corrected chi connectivity index (χ0v) is 8.91. The van der Waals surface area contributed by atoms with Gasteiger partial charge in [0.1, 0.15) is 0 Å². The zero-order chi connectivity index (χ0) is 9.90. The Kier molecular flexibility index (Phi) is 3.40. The second kappa shape index (κ2) is 4.17. The van der Waals surface area contributed by atoms with Gasteiger partial charge >= 0.3 is 0 Å². The third kappa shape index (κ3) is 2.49. The molecule has 0 saturated heterocycles. The molecule has 0 bridgehead atoms. The van der Waals surface area contributed by atoms with Crippen LogP contribution in [0.1, 0.15) is 18.1 Å². The standard InChI is InChI=1S/C10H15FNP/c1-2-8-3-5-9(6-4-8)10(11,13)7-12/h3-6H,2,7,12-13H2,1H3. The number of benzene rings is 1. The van der Waals surface area contributed by atoms with Crippen LogP contribution in [0.5, 0.6) is 0 Å². The summed E-state index contributed by atoms with van der Waals surface area (Å²) in [6.45, 7) is 2.06. The van der Waals surface area contributed by atoms with Gasteiger partial charge in [-0.25, -0.2) is 4.39 Å². The highest BCUT2D eigenvalue weighted by Gasteiger charge is 2.23. The largest absolute Gasteiger partial charge is 0.327 e. The summed E-state index contributed by atoms with van der Waals surface area (Å²) in [7, 11) is 2.15. The molecule has 0 aliphatic rings. The summed E-state index contributed by atoms with van der Waals surface area (Å²) < 4.78 is 13.6. The van der Waals surface area contributed by atoms with Crippen LogP contribution in [0.4, 0.5) is 4.39 Å². The van der Waals surface area contributed by atoms with Crippen molar-refractivity contribution in [2.75, 3.05) is 6.54 Å². The summed E-state index contributed by atoms with van der Waals surface area (Å²) in [5.74, 6) is 0. The molecule has 0 aromatic heterocycles. The maximum Gasteiger partial charge on any atom is 0.160 e. The van der Waals surface area contributed by atoms with Crippen molar-refractivity contribution in [1.82, 2.24) is 0 Å². The van der Waals surface area contributed by atoms with Crippen LogP contribution in [0.15, 0.2) is 24.3 Å². The normalized spacial score (nSPS) is 15.4. The van der Waals surface area contributed by atoms with E-state index in [9.17, 15) is 4.39 Å². The molecule has 2 unspecified atom stereocenters. The highest BCUT2D eigenvalue weighted by molar-refractivity contribution is 7.18. The van der Waals surface area contributed by atoms with E-state index in [-0.39, 0.29) is 6.54 Å². The van der Waals surface area contributed by atoms with E-state index in [1.54, 1.807) is 12.1 Å². The van der Waals surface area contributed by atoms with Crippen LogP contribution in [0.3, 0.4) is 0 Å². The van der Waals surface area contributed by atoms with E-state index in [1.807, 2.05) is 12.1 Å². The fourth-order valence-corrected chi connectivity index (χ4v) is 1.33. The third-order valence-electron chi connectivity index (χ3n) is 2.14. The Morgan fingerprint density at radius 3 is 2.31 bits per heavy atom. The number of hydrogen-bond acceptors (Lipinski definition) is 1. The lowest BCUT2D eigenvalue weighted by atomic mass is 10.1. The highest BCUT2D eigenvalue weighted by Crippen LogP contribution is 2.31. The second-order valence-electron chi connectivity index (χ2n) is 3.12. The first-order valence-electron chi connectivity index (χ1n) is 4.37. The van der Waals surface area contributed by atoms with Gasteiger partial charge in [0.15, 0.2) is 5.41 Å². The average molecular weight is 199 g/mol. The van der Waals surface area contributed by atoms with E-state index in [4.69, 9.17) is 5.73 Å². The Hall–Kier alpha value is -0.460. The molecule has 0 amide bonds. The molecule has 0 saturated carbocycles. The van der Waals surface area contributed by atoms with Gasteiger partial charge in [0, 0.05) is 6.54 Å². The Bertz CT molecular complexity index is 269. The van der Waals surface area contributed by atoms with Crippen LogP contribution < -0.4 is 5.73 Å². The predicted molar refractivity (Wildman–Crippen MR) is 57.4 cm³/mol. The molecule has 0 radical (unpaired) electrons. The first kappa shape index (κ1) is 10.6. The van der Waals surface area contributed by atoms with Crippen LogP contribution in [0, 0.1) is 0 Å². The van der Waals surface area contributed by atoms with E-state index in [1.165, 1.54) is 5.56 Å². The number of hydrogen-bond donors (Lipinski definition) is 1. The monoisotopic (exact) mass is 199 g/mol. The maximum absolute atomic E-state index is 13.6. The van der Waals surface area contributed by atoms with E-state index < -0.39 is 5.41 Å². The van der Waals surface area contributed by atoms with Gasteiger partial charge in [-0.2, -0.15) is 0 Å². The van der Waals surface area contributed by atoms with E-state index in [0.717, 1.165) is 6.42 Å². The smallest absolute Gasteiger partial charge is 0.160 e. The minimum absolute atomic E-state index is 0.0108. The van der Waals surface area contributed by atoms with Gasteiger partial charge in [0.2, 0.25) is 0 Å². The minimum atomic E-state index is -1.48. The quantitative estimate of drug-likeness (QED) is 0.742. The summed E-state index contributed by atoms with van der Waals surface area (Å²) in [4.78, 5) is 0. The second-order valence-corrected chi connectivity index (χ2v) is 4.03. The summed E-state index contributed by atoms with van der Waals surface area (Å²) >= 11 is 0. The molecular weight excluding hydrogens is 184 g/mol. The van der Waals surface area contributed by atoms with Gasteiger partial charge in [-0.3, -0.25) is 0 Å². The fraction of sp³-hybridized carbons (Fsp3) is 0.400. The van der Waals surface area contributed by atoms with Crippen molar-refractivity contribution in [3.8, 4) is 0 Å². The van der Waals surface area contributed by atoms with Crippen molar-refractivity contribution in [1.29, 1.82) is 0 Å². The first-order chi connectivity index (χ1) is 6.10. The Morgan fingerprint density at radius 1 is 1.38 bits per heavy atom. The molecule has 72 valence electrons. The van der Waals surface area contributed by atoms with Crippen molar-refractivity contribution in [3.05, 3.63) is 35.4 Å². The van der Waals surface area contributed by atoms with Gasteiger partial charge in [-0.15, -0.1) is 0 Å². The van der Waals surface area contributed by atoms with Gasteiger partial charge in [-0.1, -0.05) is 40.4 Å². The Balaban J connectivity index is 2.92. The van der Waals surface area contributed by atoms with Gasteiger partial charge in [0.05, 0.1) is 0 Å². The molecule has 1 aromatic rings. The topological polar surface area (TPSA) is 26.0 Å². The third-order valence-corrected chi connectivity index (χ3v) is 2.71. The molecule has 0 spiro atoms.